The summed E-state index contributed by atoms with van der Waals surface area (Å²) in [5.41, 5.74) is -0.164. The van der Waals surface area contributed by atoms with E-state index < -0.39 is 29.6 Å². The summed E-state index contributed by atoms with van der Waals surface area (Å²) in [4.78, 5) is 25.0. The number of halogens is 2. The molecule has 1 aromatic rings. The largest absolute Gasteiger partial charge is 0.480 e. The van der Waals surface area contributed by atoms with Crippen LogP contribution in [0.25, 0.3) is 0 Å². The summed E-state index contributed by atoms with van der Waals surface area (Å²) in [6, 6.07) is 1.56. The Balaban J connectivity index is 2.34. The summed E-state index contributed by atoms with van der Waals surface area (Å²) in [5.74, 6) is -3.19. The maximum Gasteiger partial charge on any atom is 0.327 e. The van der Waals surface area contributed by atoms with Gasteiger partial charge in [-0.05, 0) is 18.6 Å². The van der Waals surface area contributed by atoms with Gasteiger partial charge in [-0.15, -0.1) is 11.8 Å². The fourth-order valence-corrected chi connectivity index (χ4v) is 3.84. The third-order valence-corrected chi connectivity index (χ3v) is 4.61. The van der Waals surface area contributed by atoms with Crippen molar-refractivity contribution in [2.45, 2.75) is 31.2 Å². The summed E-state index contributed by atoms with van der Waals surface area (Å²) in [7, 11) is 0. The molecule has 2 atom stereocenters. The maximum absolute atomic E-state index is 13.2. The van der Waals surface area contributed by atoms with Gasteiger partial charge in [0.1, 0.15) is 17.7 Å². The number of carboxylic acid groups (broad SMARTS) is 1. The molecule has 0 saturated carbocycles. The van der Waals surface area contributed by atoms with E-state index in [0.29, 0.717) is 12.5 Å². The molecule has 4 nitrogen and oxygen atoms in total. The lowest BCUT2D eigenvalue weighted by atomic mass is 10.1. The van der Waals surface area contributed by atoms with Crippen LogP contribution < -0.4 is 0 Å². The Morgan fingerprint density at radius 3 is 2.48 bits per heavy atom. The molecular formula is C14H15F2NO3S. The number of nitrogens with zero attached hydrogens (tertiary/aromatic N) is 1. The van der Waals surface area contributed by atoms with Crippen molar-refractivity contribution in [3.05, 3.63) is 35.4 Å². The number of thioether (sulfide) groups is 1. The number of amides is 1. The zero-order valence-corrected chi connectivity index (χ0v) is 12.2. The molecule has 1 saturated heterocycles. The SMILES string of the molecule is CCCC1SCC(C(=O)O)N1C(=O)c1cc(F)cc(F)c1. The molecule has 0 aromatic heterocycles. The molecule has 0 radical (unpaired) electrons. The highest BCUT2D eigenvalue weighted by Gasteiger charge is 2.41. The summed E-state index contributed by atoms with van der Waals surface area (Å²) in [6.07, 6.45) is 1.42. The van der Waals surface area contributed by atoms with E-state index in [-0.39, 0.29) is 16.7 Å². The van der Waals surface area contributed by atoms with Crippen molar-refractivity contribution in [2.24, 2.45) is 0 Å². The predicted octanol–water partition coefficient (Wildman–Crippen LogP) is 2.73. The van der Waals surface area contributed by atoms with Gasteiger partial charge in [0, 0.05) is 17.4 Å². The number of carboxylic acids is 1. The maximum atomic E-state index is 13.2. The van der Waals surface area contributed by atoms with Crippen LogP contribution in [0.3, 0.4) is 0 Å². The molecule has 1 aliphatic heterocycles. The number of rotatable bonds is 4. The van der Waals surface area contributed by atoms with Crippen LogP contribution in [0.2, 0.25) is 0 Å². The van der Waals surface area contributed by atoms with Crippen LogP contribution in [0.15, 0.2) is 18.2 Å². The molecule has 1 aromatic carbocycles. The van der Waals surface area contributed by atoms with Crippen molar-refractivity contribution < 1.29 is 23.5 Å². The van der Waals surface area contributed by atoms with Gasteiger partial charge in [-0.25, -0.2) is 13.6 Å². The second-order valence-electron chi connectivity index (χ2n) is 4.80. The van der Waals surface area contributed by atoms with Gasteiger partial charge < -0.3 is 10.0 Å². The molecule has 1 aliphatic rings. The molecule has 1 N–H and O–H groups in total. The number of hydrogen-bond acceptors (Lipinski definition) is 3. The standard InChI is InChI=1S/C14H15F2NO3S/c1-2-3-12-17(11(7-21-12)14(19)20)13(18)8-4-9(15)6-10(16)5-8/h4-6,11-12H,2-3,7H2,1H3,(H,19,20). The van der Waals surface area contributed by atoms with Crippen molar-refractivity contribution in [2.75, 3.05) is 5.75 Å². The number of hydrogen-bond donors (Lipinski definition) is 1. The smallest absolute Gasteiger partial charge is 0.327 e. The monoisotopic (exact) mass is 315 g/mol. The van der Waals surface area contributed by atoms with E-state index in [9.17, 15) is 23.5 Å². The van der Waals surface area contributed by atoms with Crippen LogP contribution in [0.4, 0.5) is 8.78 Å². The van der Waals surface area contributed by atoms with E-state index in [1.54, 1.807) is 0 Å². The van der Waals surface area contributed by atoms with Crippen molar-refractivity contribution in [3.8, 4) is 0 Å². The minimum Gasteiger partial charge on any atom is -0.480 e. The second kappa shape index (κ2) is 6.43. The molecule has 0 spiro atoms. The first-order chi connectivity index (χ1) is 9.93. The Morgan fingerprint density at radius 2 is 1.95 bits per heavy atom. The average Bonchev–Trinajstić information content (AvgIpc) is 2.81. The van der Waals surface area contributed by atoms with E-state index in [1.165, 1.54) is 16.7 Å². The van der Waals surface area contributed by atoms with Crippen LogP contribution in [-0.2, 0) is 4.79 Å². The van der Waals surface area contributed by atoms with E-state index in [4.69, 9.17) is 0 Å². The van der Waals surface area contributed by atoms with Crippen LogP contribution >= 0.6 is 11.8 Å². The van der Waals surface area contributed by atoms with E-state index >= 15 is 0 Å². The zero-order chi connectivity index (χ0) is 15.6. The first-order valence-electron chi connectivity index (χ1n) is 6.57. The Kier molecular flexibility index (Phi) is 4.82. The molecule has 1 amide bonds. The van der Waals surface area contributed by atoms with Gasteiger partial charge in [0.15, 0.2) is 0 Å². The van der Waals surface area contributed by atoms with Crippen molar-refractivity contribution in [1.29, 1.82) is 0 Å². The van der Waals surface area contributed by atoms with Crippen molar-refractivity contribution in [1.82, 2.24) is 4.90 Å². The topological polar surface area (TPSA) is 57.6 Å². The predicted molar refractivity (Wildman–Crippen MR) is 75.1 cm³/mol. The lowest BCUT2D eigenvalue weighted by molar-refractivity contribution is -0.141. The first kappa shape index (κ1) is 15.8. The van der Waals surface area contributed by atoms with Gasteiger partial charge in [0.05, 0.1) is 5.37 Å². The highest BCUT2D eigenvalue weighted by atomic mass is 32.2. The Hall–Kier alpha value is -1.63. The Morgan fingerprint density at radius 1 is 1.33 bits per heavy atom. The second-order valence-corrected chi connectivity index (χ2v) is 6.01. The molecule has 114 valence electrons. The first-order valence-corrected chi connectivity index (χ1v) is 7.62. The Labute approximate surface area is 125 Å². The fraction of sp³-hybridized carbons (Fsp3) is 0.429. The minimum atomic E-state index is -1.11. The third kappa shape index (κ3) is 3.34. The lowest BCUT2D eigenvalue weighted by Crippen LogP contribution is -2.45. The average molecular weight is 315 g/mol. The molecule has 2 unspecified atom stereocenters. The van der Waals surface area contributed by atoms with Crippen LogP contribution in [0, 0.1) is 11.6 Å². The van der Waals surface area contributed by atoms with Gasteiger partial charge in [-0.2, -0.15) is 0 Å². The van der Waals surface area contributed by atoms with Gasteiger partial charge in [0.25, 0.3) is 5.91 Å². The summed E-state index contributed by atoms with van der Waals surface area (Å²) in [6.45, 7) is 1.93. The van der Waals surface area contributed by atoms with Gasteiger partial charge >= 0.3 is 5.97 Å². The molecule has 2 rings (SSSR count). The fourth-order valence-electron chi connectivity index (χ4n) is 2.32. The molecule has 21 heavy (non-hydrogen) atoms. The molecule has 7 heteroatoms. The van der Waals surface area contributed by atoms with Gasteiger partial charge in [0.2, 0.25) is 0 Å². The van der Waals surface area contributed by atoms with Crippen LogP contribution in [0.1, 0.15) is 30.1 Å². The molecule has 1 heterocycles. The van der Waals surface area contributed by atoms with E-state index in [0.717, 1.165) is 18.6 Å². The quantitative estimate of drug-likeness (QED) is 0.928. The molecule has 1 fully saturated rings. The van der Waals surface area contributed by atoms with Crippen molar-refractivity contribution >= 4 is 23.6 Å². The summed E-state index contributed by atoms with van der Waals surface area (Å²) >= 11 is 1.38. The van der Waals surface area contributed by atoms with Crippen molar-refractivity contribution in [3.63, 3.8) is 0 Å². The number of carbonyl (C=O) groups is 2. The molecular weight excluding hydrogens is 300 g/mol. The van der Waals surface area contributed by atoms with Crippen LogP contribution in [-0.4, -0.2) is 39.1 Å². The third-order valence-electron chi connectivity index (χ3n) is 3.26. The number of aliphatic carboxylic acids is 1. The van der Waals surface area contributed by atoms with E-state index in [2.05, 4.69) is 0 Å². The lowest BCUT2D eigenvalue weighted by Gasteiger charge is -2.27. The molecule has 0 aliphatic carbocycles. The highest BCUT2D eigenvalue weighted by Crippen LogP contribution is 2.33. The number of carbonyl (C=O) groups excluding carboxylic acids is 1. The zero-order valence-electron chi connectivity index (χ0n) is 11.4. The van der Waals surface area contributed by atoms with Crippen LogP contribution in [0.5, 0.6) is 0 Å². The Bertz CT molecular complexity index is 547. The summed E-state index contributed by atoms with van der Waals surface area (Å²) in [5, 5.41) is 8.94. The van der Waals surface area contributed by atoms with E-state index in [1.807, 2.05) is 6.92 Å². The molecule has 0 bridgehead atoms. The number of benzene rings is 1. The minimum absolute atomic E-state index is 0.164. The van der Waals surface area contributed by atoms with Gasteiger partial charge in [-0.3, -0.25) is 4.79 Å². The van der Waals surface area contributed by atoms with Gasteiger partial charge in [-0.1, -0.05) is 13.3 Å². The normalized spacial score (nSPS) is 21.6. The highest BCUT2D eigenvalue weighted by molar-refractivity contribution is 8.00. The summed E-state index contributed by atoms with van der Waals surface area (Å²) < 4.78 is 26.5.